The lowest BCUT2D eigenvalue weighted by molar-refractivity contribution is 0.171. The molecule has 2 rings (SSSR count). The number of hydrogen-bond acceptors (Lipinski definition) is 7. The van der Waals surface area contributed by atoms with E-state index in [1.165, 1.54) is 0 Å². The van der Waals surface area contributed by atoms with Gasteiger partial charge in [0.25, 0.3) is 0 Å². The van der Waals surface area contributed by atoms with E-state index < -0.39 is 0 Å². The van der Waals surface area contributed by atoms with Gasteiger partial charge < -0.3 is 15.8 Å². The van der Waals surface area contributed by atoms with Crippen molar-refractivity contribution in [3.63, 3.8) is 0 Å². The molecular weight excluding hydrogens is 258 g/mol. The average Bonchev–Trinajstić information content (AvgIpc) is 2.91. The number of methoxy groups -OCH3 is 1. The fourth-order valence-corrected chi connectivity index (χ4v) is 1.68. The second kappa shape index (κ2) is 6.29. The minimum atomic E-state index is 0.0948. The molecule has 2 aromatic rings. The Morgan fingerprint density at radius 2 is 2.15 bits per heavy atom. The van der Waals surface area contributed by atoms with Crippen LogP contribution in [0.3, 0.4) is 0 Å². The number of nitrogens with two attached hydrogens (primary N) is 1. The number of nitrogens with zero attached hydrogens (tertiary/aromatic N) is 5. The van der Waals surface area contributed by atoms with Crippen LogP contribution < -0.4 is 11.1 Å². The van der Waals surface area contributed by atoms with Gasteiger partial charge in [-0.2, -0.15) is 15.0 Å². The minimum Gasteiger partial charge on any atom is -0.383 e. The van der Waals surface area contributed by atoms with Crippen LogP contribution in [0.15, 0.2) is 18.7 Å². The predicted octanol–water partition coefficient (Wildman–Crippen LogP) is 0.722. The summed E-state index contributed by atoms with van der Waals surface area (Å²) >= 11 is 0. The molecule has 2 aromatic heterocycles. The molecule has 8 nitrogen and oxygen atoms in total. The second-order valence-corrected chi connectivity index (χ2v) is 4.74. The summed E-state index contributed by atoms with van der Waals surface area (Å²) in [6.45, 7) is 4.75. The molecule has 0 fully saturated rings. The van der Waals surface area contributed by atoms with Gasteiger partial charge in [-0.25, -0.2) is 4.98 Å². The van der Waals surface area contributed by atoms with E-state index in [0.717, 1.165) is 0 Å². The molecule has 108 valence electrons. The van der Waals surface area contributed by atoms with E-state index in [-0.39, 0.29) is 12.0 Å². The topological polar surface area (TPSA) is 104 Å². The first kappa shape index (κ1) is 14.2. The van der Waals surface area contributed by atoms with Crippen LogP contribution in [-0.4, -0.2) is 44.3 Å². The van der Waals surface area contributed by atoms with E-state index in [2.05, 4.69) is 39.1 Å². The fourth-order valence-electron chi connectivity index (χ4n) is 1.68. The van der Waals surface area contributed by atoms with Crippen molar-refractivity contribution in [1.82, 2.24) is 24.5 Å². The largest absolute Gasteiger partial charge is 0.383 e. The van der Waals surface area contributed by atoms with E-state index in [4.69, 9.17) is 10.5 Å². The molecule has 0 aliphatic heterocycles. The molecule has 0 spiro atoms. The zero-order chi connectivity index (χ0) is 14.5. The maximum absolute atomic E-state index is 5.72. The average molecular weight is 277 g/mol. The van der Waals surface area contributed by atoms with Crippen LogP contribution in [-0.2, 0) is 4.74 Å². The molecule has 20 heavy (non-hydrogen) atoms. The first-order chi connectivity index (χ1) is 9.60. The van der Waals surface area contributed by atoms with Gasteiger partial charge in [-0.15, -0.1) is 0 Å². The highest BCUT2D eigenvalue weighted by Crippen LogP contribution is 2.11. The number of anilines is 2. The van der Waals surface area contributed by atoms with Crippen LogP contribution in [0.5, 0.6) is 0 Å². The predicted molar refractivity (Wildman–Crippen MR) is 75.5 cm³/mol. The summed E-state index contributed by atoms with van der Waals surface area (Å²) in [5.41, 5.74) is 5.72. The summed E-state index contributed by atoms with van der Waals surface area (Å²) in [5.74, 6) is 1.38. The second-order valence-electron chi connectivity index (χ2n) is 4.74. The number of ether oxygens (including phenoxy) is 1. The highest BCUT2D eigenvalue weighted by molar-refractivity contribution is 5.36. The molecule has 2 heterocycles. The van der Waals surface area contributed by atoms with E-state index in [1.807, 2.05) is 0 Å². The molecule has 8 heteroatoms. The smallest absolute Gasteiger partial charge is 0.241 e. The number of aromatic nitrogens is 5. The van der Waals surface area contributed by atoms with Crippen molar-refractivity contribution < 1.29 is 4.74 Å². The summed E-state index contributed by atoms with van der Waals surface area (Å²) in [7, 11) is 1.66. The zero-order valence-corrected chi connectivity index (χ0v) is 11.8. The van der Waals surface area contributed by atoms with Gasteiger partial charge in [0, 0.05) is 19.5 Å². The summed E-state index contributed by atoms with van der Waals surface area (Å²) < 4.78 is 6.86. The van der Waals surface area contributed by atoms with Crippen molar-refractivity contribution in [1.29, 1.82) is 0 Å². The quantitative estimate of drug-likeness (QED) is 0.801. The van der Waals surface area contributed by atoms with E-state index in [1.54, 1.807) is 30.4 Å². The standard InChI is InChI=1S/C12H19N7O/c1-8(2)9(6-20-3)15-11-16-10(13)17-12(18-11)19-5-4-14-7-19/h4-5,7-9H,6H2,1-3H3,(H3,13,15,16,17,18). The van der Waals surface area contributed by atoms with Crippen molar-refractivity contribution in [3.8, 4) is 5.95 Å². The Labute approximate surface area is 117 Å². The van der Waals surface area contributed by atoms with Gasteiger partial charge in [-0.05, 0) is 5.92 Å². The number of nitrogen functional groups attached to an aromatic ring is 1. The van der Waals surface area contributed by atoms with Crippen LogP contribution in [0, 0.1) is 5.92 Å². The molecule has 0 aliphatic carbocycles. The van der Waals surface area contributed by atoms with Crippen LogP contribution in [0.2, 0.25) is 0 Å². The molecule has 0 saturated carbocycles. The van der Waals surface area contributed by atoms with Crippen LogP contribution in [0.4, 0.5) is 11.9 Å². The lowest BCUT2D eigenvalue weighted by Crippen LogP contribution is -2.31. The summed E-state index contributed by atoms with van der Waals surface area (Å²) in [6.07, 6.45) is 5.00. The lowest BCUT2D eigenvalue weighted by Gasteiger charge is -2.21. The van der Waals surface area contributed by atoms with E-state index in [0.29, 0.717) is 24.4 Å². The Hall–Kier alpha value is -2.22. The van der Waals surface area contributed by atoms with Gasteiger partial charge in [-0.3, -0.25) is 4.57 Å². The first-order valence-corrected chi connectivity index (χ1v) is 6.35. The van der Waals surface area contributed by atoms with E-state index >= 15 is 0 Å². The number of rotatable bonds is 6. The van der Waals surface area contributed by atoms with Gasteiger partial charge in [0.05, 0.1) is 12.6 Å². The SMILES string of the molecule is COCC(Nc1nc(N)nc(-n2ccnc2)n1)C(C)C. The minimum absolute atomic E-state index is 0.0948. The summed E-state index contributed by atoms with van der Waals surface area (Å²) in [6, 6.07) is 0.0948. The summed E-state index contributed by atoms with van der Waals surface area (Å²) in [5, 5.41) is 3.22. The molecule has 0 bridgehead atoms. The van der Waals surface area contributed by atoms with Gasteiger partial charge in [-0.1, -0.05) is 13.8 Å². The van der Waals surface area contributed by atoms with Gasteiger partial charge in [0.2, 0.25) is 17.8 Å². The normalized spacial score (nSPS) is 12.6. The molecule has 1 unspecified atom stereocenters. The van der Waals surface area contributed by atoms with Crippen LogP contribution in [0.1, 0.15) is 13.8 Å². The molecule has 0 radical (unpaired) electrons. The van der Waals surface area contributed by atoms with Crippen LogP contribution in [0.25, 0.3) is 5.95 Å². The first-order valence-electron chi connectivity index (χ1n) is 6.35. The number of nitrogens with one attached hydrogen (secondary N) is 1. The van der Waals surface area contributed by atoms with Crippen molar-refractivity contribution in [2.45, 2.75) is 19.9 Å². The molecule has 0 amide bonds. The maximum atomic E-state index is 5.72. The van der Waals surface area contributed by atoms with Crippen LogP contribution >= 0.6 is 0 Å². The van der Waals surface area contributed by atoms with Gasteiger partial charge >= 0.3 is 0 Å². The van der Waals surface area contributed by atoms with Crippen molar-refractivity contribution in [3.05, 3.63) is 18.7 Å². The fraction of sp³-hybridized carbons (Fsp3) is 0.500. The Morgan fingerprint density at radius 1 is 1.35 bits per heavy atom. The van der Waals surface area contributed by atoms with Crippen molar-refractivity contribution in [2.75, 3.05) is 24.8 Å². The van der Waals surface area contributed by atoms with Gasteiger partial charge in [0.1, 0.15) is 6.33 Å². The Morgan fingerprint density at radius 3 is 2.75 bits per heavy atom. The summed E-state index contributed by atoms with van der Waals surface area (Å²) in [4.78, 5) is 16.5. The zero-order valence-electron chi connectivity index (χ0n) is 11.8. The monoisotopic (exact) mass is 277 g/mol. The van der Waals surface area contributed by atoms with Gasteiger partial charge in [0.15, 0.2) is 0 Å². The Bertz CT molecular complexity index is 541. The van der Waals surface area contributed by atoms with Crippen molar-refractivity contribution in [2.24, 2.45) is 5.92 Å². The number of imidazole rings is 1. The third kappa shape index (κ3) is 3.41. The molecular formula is C12H19N7O. The highest BCUT2D eigenvalue weighted by Gasteiger charge is 2.15. The third-order valence-electron chi connectivity index (χ3n) is 2.84. The molecule has 0 aliphatic rings. The Balaban J connectivity index is 2.23. The van der Waals surface area contributed by atoms with Crippen molar-refractivity contribution >= 4 is 11.9 Å². The molecule has 0 aromatic carbocycles. The molecule has 3 N–H and O–H groups in total. The highest BCUT2D eigenvalue weighted by atomic mass is 16.5. The number of hydrogen-bond donors (Lipinski definition) is 2. The van der Waals surface area contributed by atoms with E-state index in [9.17, 15) is 0 Å². The molecule has 1 atom stereocenters. The third-order valence-corrected chi connectivity index (χ3v) is 2.84. The lowest BCUT2D eigenvalue weighted by atomic mass is 10.1. The molecule has 0 saturated heterocycles. The maximum Gasteiger partial charge on any atom is 0.241 e. The Kier molecular flexibility index (Phi) is 4.46.